The van der Waals surface area contributed by atoms with E-state index in [2.05, 4.69) is 27.7 Å². The molecule has 0 bridgehead atoms. The Hall–Kier alpha value is -0.0800. The summed E-state index contributed by atoms with van der Waals surface area (Å²) in [7, 11) is 0. The number of hydrogen-bond acceptors (Lipinski definition) is 2. The van der Waals surface area contributed by atoms with Crippen LogP contribution < -0.4 is 0 Å². The van der Waals surface area contributed by atoms with Crippen molar-refractivity contribution in [3.8, 4) is 0 Å². The first-order valence-electron chi connectivity index (χ1n) is 4.84. The Balaban J connectivity index is 2.30. The van der Waals surface area contributed by atoms with Gasteiger partial charge in [0.25, 0.3) is 0 Å². The molecule has 0 N–H and O–H groups in total. The van der Waals surface area contributed by atoms with Crippen LogP contribution in [0.1, 0.15) is 27.7 Å². The van der Waals surface area contributed by atoms with Crippen LogP contribution in [-0.2, 0) is 9.47 Å². The molecule has 0 radical (unpaired) electrons. The van der Waals surface area contributed by atoms with Crippen LogP contribution in [0, 0.1) is 17.8 Å². The van der Waals surface area contributed by atoms with Gasteiger partial charge in [-0.05, 0) is 5.92 Å². The lowest BCUT2D eigenvalue weighted by molar-refractivity contribution is -0.224. The average Bonchev–Trinajstić information content (AvgIpc) is 2.04. The fourth-order valence-electron chi connectivity index (χ4n) is 1.30. The van der Waals surface area contributed by atoms with E-state index in [0.717, 1.165) is 13.2 Å². The van der Waals surface area contributed by atoms with Crippen molar-refractivity contribution >= 4 is 0 Å². The van der Waals surface area contributed by atoms with Crippen LogP contribution in [0.5, 0.6) is 0 Å². The molecule has 0 saturated carbocycles. The smallest absolute Gasteiger partial charge is 0.159 e. The fraction of sp³-hybridized carbons (Fsp3) is 1.00. The summed E-state index contributed by atoms with van der Waals surface area (Å²) >= 11 is 0. The van der Waals surface area contributed by atoms with Gasteiger partial charge >= 0.3 is 0 Å². The second kappa shape index (κ2) is 4.24. The maximum atomic E-state index is 5.59. The molecule has 1 heterocycles. The monoisotopic (exact) mass is 172 g/mol. The first-order valence-corrected chi connectivity index (χ1v) is 4.84. The number of ether oxygens (including phenoxy) is 2. The first kappa shape index (κ1) is 10.0. The molecule has 0 aromatic heterocycles. The van der Waals surface area contributed by atoms with Crippen molar-refractivity contribution in [2.24, 2.45) is 17.8 Å². The first-order chi connectivity index (χ1) is 5.61. The van der Waals surface area contributed by atoms with Gasteiger partial charge in [-0.15, -0.1) is 0 Å². The summed E-state index contributed by atoms with van der Waals surface area (Å²) in [6, 6.07) is 0. The lowest BCUT2D eigenvalue weighted by atomic mass is 9.97. The molecular formula is C10H20O2. The summed E-state index contributed by atoms with van der Waals surface area (Å²) in [5.41, 5.74) is 0. The molecule has 2 heteroatoms. The maximum Gasteiger partial charge on any atom is 0.159 e. The van der Waals surface area contributed by atoms with Gasteiger partial charge < -0.3 is 9.47 Å². The van der Waals surface area contributed by atoms with Crippen LogP contribution >= 0.6 is 0 Å². The molecule has 0 spiro atoms. The average molecular weight is 172 g/mol. The molecule has 2 nitrogen and oxygen atoms in total. The highest BCUT2D eigenvalue weighted by molar-refractivity contribution is 4.67. The molecule has 0 aromatic carbocycles. The van der Waals surface area contributed by atoms with Gasteiger partial charge in [0.2, 0.25) is 0 Å². The molecule has 72 valence electrons. The molecule has 0 aliphatic carbocycles. The molecule has 0 aromatic rings. The van der Waals surface area contributed by atoms with E-state index in [1.807, 2.05) is 0 Å². The topological polar surface area (TPSA) is 18.5 Å². The van der Waals surface area contributed by atoms with Crippen molar-refractivity contribution in [2.45, 2.75) is 34.0 Å². The fourth-order valence-corrected chi connectivity index (χ4v) is 1.30. The van der Waals surface area contributed by atoms with E-state index in [9.17, 15) is 0 Å². The zero-order valence-electron chi connectivity index (χ0n) is 8.54. The molecule has 0 unspecified atom stereocenters. The Kier molecular flexibility index (Phi) is 3.53. The van der Waals surface area contributed by atoms with E-state index >= 15 is 0 Å². The summed E-state index contributed by atoms with van der Waals surface area (Å²) in [6.45, 7) is 10.4. The quantitative estimate of drug-likeness (QED) is 0.636. The van der Waals surface area contributed by atoms with Gasteiger partial charge in [-0.2, -0.15) is 0 Å². The molecule has 1 fully saturated rings. The van der Waals surface area contributed by atoms with E-state index in [1.165, 1.54) is 0 Å². The minimum absolute atomic E-state index is 0.0278. The minimum atomic E-state index is 0.0278. The Labute approximate surface area is 75.2 Å². The van der Waals surface area contributed by atoms with Crippen LogP contribution in [0.4, 0.5) is 0 Å². The van der Waals surface area contributed by atoms with E-state index < -0.39 is 0 Å². The second-order valence-corrected chi connectivity index (χ2v) is 4.28. The van der Waals surface area contributed by atoms with Gasteiger partial charge in [-0.25, -0.2) is 0 Å². The van der Waals surface area contributed by atoms with Crippen LogP contribution in [0.2, 0.25) is 0 Å². The molecular weight excluding hydrogens is 152 g/mol. The van der Waals surface area contributed by atoms with E-state index in [4.69, 9.17) is 9.47 Å². The van der Waals surface area contributed by atoms with E-state index in [0.29, 0.717) is 17.8 Å². The van der Waals surface area contributed by atoms with Gasteiger partial charge in [-0.1, -0.05) is 27.7 Å². The highest BCUT2D eigenvalue weighted by Gasteiger charge is 2.25. The van der Waals surface area contributed by atoms with Gasteiger partial charge in [0, 0.05) is 11.8 Å². The Bertz CT molecular complexity index is 108. The molecule has 0 atom stereocenters. The summed E-state index contributed by atoms with van der Waals surface area (Å²) in [5.74, 6) is 1.72. The molecule has 0 amide bonds. The predicted octanol–water partition coefficient (Wildman–Crippen LogP) is 2.29. The Morgan fingerprint density at radius 1 is 0.917 bits per heavy atom. The normalized spacial score (nSPS) is 31.5. The molecule has 1 aliphatic heterocycles. The van der Waals surface area contributed by atoms with Crippen molar-refractivity contribution < 1.29 is 9.47 Å². The van der Waals surface area contributed by atoms with Crippen molar-refractivity contribution in [3.05, 3.63) is 0 Å². The summed E-state index contributed by atoms with van der Waals surface area (Å²) in [6.07, 6.45) is 0.0278. The molecule has 1 rings (SSSR count). The number of hydrogen-bond donors (Lipinski definition) is 0. The van der Waals surface area contributed by atoms with Crippen molar-refractivity contribution in [2.75, 3.05) is 13.2 Å². The zero-order chi connectivity index (χ0) is 9.14. The summed E-state index contributed by atoms with van der Waals surface area (Å²) < 4.78 is 11.2. The van der Waals surface area contributed by atoms with Crippen LogP contribution in [0.15, 0.2) is 0 Å². The minimum Gasteiger partial charge on any atom is -0.352 e. The van der Waals surface area contributed by atoms with Crippen molar-refractivity contribution in [1.82, 2.24) is 0 Å². The largest absolute Gasteiger partial charge is 0.352 e. The standard InChI is InChI=1S/C10H20O2/c1-7(2)9-5-11-10(8(3)4)12-6-9/h7-10H,5-6H2,1-4H3. The maximum absolute atomic E-state index is 5.59. The lowest BCUT2D eigenvalue weighted by Gasteiger charge is -2.33. The van der Waals surface area contributed by atoms with Crippen LogP contribution in [0.3, 0.4) is 0 Å². The van der Waals surface area contributed by atoms with Crippen LogP contribution in [-0.4, -0.2) is 19.5 Å². The van der Waals surface area contributed by atoms with Gasteiger partial charge in [-0.3, -0.25) is 0 Å². The van der Waals surface area contributed by atoms with Gasteiger partial charge in [0.05, 0.1) is 13.2 Å². The SMILES string of the molecule is CC(C)C1COC(C(C)C)OC1. The predicted molar refractivity (Wildman–Crippen MR) is 48.9 cm³/mol. The Morgan fingerprint density at radius 3 is 1.75 bits per heavy atom. The highest BCUT2D eigenvalue weighted by atomic mass is 16.7. The van der Waals surface area contributed by atoms with E-state index in [1.54, 1.807) is 0 Å². The Morgan fingerprint density at radius 2 is 1.42 bits per heavy atom. The third-order valence-corrected chi connectivity index (χ3v) is 2.44. The molecule has 12 heavy (non-hydrogen) atoms. The summed E-state index contributed by atoms with van der Waals surface area (Å²) in [5, 5.41) is 0. The van der Waals surface area contributed by atoms with Gasteiger partial charge in [0.15, 0.2) is 6.29 Å². The third kappa shape index (κ3) is 2.46. The van der Waals surface area contributed by atoms with Crippen molar-refractivity contribution in [1.29, 1.82) is 0 Å². The molecule has 1 saturated heterocycles. The highest BCUT2D eigenvalue weighted by Crippen LogP contribution is 2.21. The van der Waals surface area contributed by atoms with Gasteiger partial charge in [0.1, 0.15) is 0 Å². The van der Waals surface area contributed by atoms with E-state index in [-0.39, 0.29) is 6.29 Å². The lowest BCUT2D eigenvalue weighted by Crippen LogP contribution is -2.37. The van der Waals surface area contributed by atoms with Crippen LogP contribution in [0.25, 0.3) is 0 Å². The zero-order valence-corrected chi connectivity index (χ0v) is 8.54. The molecule has 1 aliphatic rings. The second-order valence-electron chi connectivity index (χ2n) is 4.28. The van der Waals surface area contributed by atoms with Crippen molar-refractivity contribution in [3.63, 3.8) is 0 Å². The summed E-state index contributed by atoms with van der Waals surface area (Å²) in [4.78, 5) is 0. The number of rotatable bonds is 2. The third-order valence-electron chi connectivity index (χ3n) is 2.44.